The van der Waals surface area contributed by atoms with Gasteiger partial charge in [0.15, 0.2) is 0 Å². The minimum absolute atomic E-state index is 0.263. The highest BCUT2D eigenvalue weighted by atomic mass is 32.1. The maximum absolute atomic E-state index is 12.9. The van der Waals surface area contributed by atoms with Crippen molar-refractivity contribution in [3.05, 3.63) is 114 Å². The molecule has 51 heavy (non-hydrogen) atoms. The Hall–Kier alpha value is -5.24. The van der Waals surface area contributed by atoms with Crippen LogP contribution in [-0.4, -0.2) is 25.2 Å². The van der Waals surface area contributed by atoms with Crippen molar-refractivity contribution in [2.45, 2.75) is 38.8 Å². The van der Waals surface area contributed by atoms with E-state index < -0.39 is 5.97 Å². The molecule has 5 nitrogen and oxygen atoms in total. The number of carbonyl (C=O) groups is 1. The van der Waals surface area contributed by atoms with Crippen molar-refractivity contribution in [1.82, 2.24) is 0 Å². The molecule has 0 amide bonds. The van der Waals surface area contributed by atoms with Crippen molar-refractivity contribution in [3.8, 4) is 32.0 Å². The molecule has 3 aromatic heterocycles. The van der Waals surface area contributed by atoms with E-state index in [0.29, 0.717) is 5.56 Å². The first kappa shape index (κ1) is 30.6. The molecule has 0 saturated heterocycles. The molecule has 0 radical (unpaired) electrons. The second kappa shape index (κ2) is 10.2. The lowest BCUT2D eigenvalue weighted by atomic mass is 9.82. The zero-order chi connectivity index (χ0) is 35.1. The number of fused-ring (bicyclic) bond motifs is 12. The quantitative estimate of drug-likeness (QED) is 0.143. The van der Waals surface area contributed by atoms with Crippen LogP contribution in [0.2, 0.25) is 0 Å². The van der Waals surface area contributed by atoms with Crippen molar-refractivity contribution in [2.75, 3.05) is 23.9 Å². The largest absolute Gasteiger partial charge is 0.478 e. The van der Waals surface area contributed by atoms with E-state index in [9.17, 15) is 9.90 Å². The fourth-order valence-electron chi connectivity index (χ4n) is 8.68. The predicted molar refractivity (Wildman–Crippen MR) is 215 cm³/mol. The van der Waals surface area contributed by atoms with Gasteiger partial charge in [0, 0.05) is 61.1 Å². The summed E-state index contributed by atoms with van der Waals surface area (Å²) >= 11 is 3.65. The SMILES string of the molecule is CN1c2cc3[o+]c4cc5c(cc4c(-c4ccccc4C(=O)O)c3cc2-c2sc3ccccc3c2C1(C)C)-c1sc2ccccc2c1C(C)(C)N5C. The first-order valence-corrected chi connectivity index (χ1v) is 18.9. The van der Waals surface area contributed by atoms with Gasteiger partial charge in [-0.1, -0.05) is 54.6 Å². The Balaban J connectivity index is 1.36. The van der Waals surface area contributed by atoms with Crippen LogP contribution in [0, 0.1) is 0 Å². The molecule has 0 fully saturated rings. The molecular weight excluding hydrogens is 669 g/mol. The van der Waals surface area contributed by atoms with Gasteiger partial charge in [-0.05, 0) is 74.4 Å². The molecule has 5 aromatic carbocycles. The Kier molecular flexibility index (Phi) is 6.10. The summed E-state index contributed by atoms with van der Waals surface area (Å²) in [6, 6.07) is 33.5. The summed E-state index contributed by atoms with van der Waals surface area (Å²) in [4.78, 5) is 20.1. The highest BCUT2D eigenvalue weighted by Crippen LogP contribution is 2.57. The summed E-state index contributed by atoms with van der Waals surface area (Å²) < 4.78 is 9.49. The molecule has 0 unspecified atom stereocenters. The number of carboxylic acid groups (broad SMARTS) is 1. The van der Waals surface area contributed by atoms with Crippen LogP contribution in [0.1, 0.15) is 49.2 Å². The van der Waals surface area contributed by atoms with Gasteiger partial charge in [0.05, 0.1) is 50.9 Å². The molecule has 250 valence electrons. The highest BCUT2D eigenvalue weighted by Gasteiger charge is 2.42. The van der Waals surface area contributed by atoms with Crippen molar-refractivity contribution >= 4 is 82.1 Å². The van der Waals surface area contributed by atoms with Crippen molar-refractivity contribution in [1.29, 1.82) is 0 Å². The van der Waals surface area contributed by atoms with E-state index in [2.05, 4.69) is 124 Å². The van der Waals surface area contributed by atoms with E-state index in [1.54, 1.807) is 12.1 Å². The first-order valence-electron chi connectivity index (χ1n) is 17.2. The number of hydrogen-bond acceptors (Lipinski definition) is 5. The Morgan fingerprint density at radius 3 is 1.55 bits per heavy atom. The molecule has 0 bridgehead atoms. The molecule has 2 aliphatic rings. The standard InChI is InChI=1S/C44H34N2O3S2/c1-43(2)38-25-15-9-11-17-35(25)50-40(38)27-19-29-33(21-31(27)45(43)5)49-34-22-32-28(20-30(34)37(29)23-13-7-8-14-24(23)42(47)48)41-39(44(3,4)46(32)6)26-16-10-12-18-36(26)51-41/h7-22H,1-6H3/p+1. The summed E-state index contributed by atoms with van der Waals surface area (Å²) in [5, 5.41) is 14.9. The third-order valence-electron chi connectivity index (χ3n) is 11.7. The molecule has 2 aliphatic heterocycles. The Morgan fingerprint density at radius 2 is 1.06 bits per heavy atom. The number of nitrogens with zero attached hydrogens (tertiary/aromatic N) is 2. The highest BCUT2D eigenvalue weighted by molar-refractivity contribution is 7.23. The first-order chi connectivity index (χ1) is 24.5. The number of benzene rings is 5. The average Bonchev–Trinajstić information content (AvgIpc) is 3.72. The lowest BCUT2D eigenvalue weighted by Gasteiger charge is -2.43. The Bertz CT molecular complexity index is 2680. The number of rotatable bonds is 2. The maximum atomic E-state index is 12.9. The second-order valence-corrected chi connectivity index (χ2v) is 17.0. The molecule has 0 spiro atoms. The van der Waals surface area contributed by atoms with Crippen LogP contribution in [0.3, 0.4) is 0 Å². The number of hydrogen-bond donors (Lipinski definition) is 1. The Morgan fingerprint density at radius 1 is 0.608 bits per heavy atom. The monoisotopic (exact) mass is 703 g/mol. The van der Waals surface area contributed by atoms with Crippen LogP contribution in [0.5, 0.6) is 0 Å². The summed E-state index contributed by atoms with van der Waals surface area (Å²) in [6.45, 7) is 9.15. The smallest absolute Gasteiger partial charge is 0.363 e. The maximum Gasteiger partial charge on any atom is 0.363 e. The zero-order valence-corrected chi connectivity index (χ0v) is 30.8. The number of aromatic carboxylic acids is 1. The molecule has 0 atom stereocenters. The summed E-state index contributed by atoms with van der Waals surface area (Å²) in [5.41, 5.74) is 9.84. The minimum Gasteiger partial charge on any atom is -0.478 e. The number of carboxylic acids is 1. The lowest BCUT2D eigenvalue weighted by molar-refractivity contribution is 0.0697. The van der Waals surface area contributed by atoms with E-state index in [1.165, 1.54) is 41.1 Å². The van der Waals surface area contributed by atoms with Crippen molar-refractivity contribution < 1.29 is 14.3 Å². The molecule has 0 aliphatic carbocycles. The zero-order valence-electron chi connectivity index (χ0n) is 29.2. The second-order valence-electron chi connectivity index (χ2n) is 14.9. The van der Waals surface area contributed by atoms with Crippen molar-refractivity contribution in [2.24, 2.45) is 0 Å². The molecule has 1 N–H and O–H groups in total. The third-order valence-corrected chi connectivity index (χ3v) is 14.1. The summed E-state index contributed by atoms with van der Waals surface area (Å²) in [7, 11) is 4.33. The van der Waals surface area contributed by atoms with E-state index in [1.807, 2.05) is 34.8 Å². The molecule has 0 saturated carbocycles. The number of thiophene rings is 2. The van der Waals surface area contributed by atoms with Crippen molar-refractivity contribution in [3.63, 3.8) is 0 Å². The van der Waals surface area contributed by atoms with Gasteiger partial charge in [0.2, 0.25) is 0 Å². The number of anilines is 2. The van der Waals surface area contributed by atoms with E-state index in [0.717, 1.165) is 50.0 Å². The van der Waals surface area contributed by atoms with Gasteiger partial charge < -0.3 is 14.9 Å². The van der Waals surface area contributed by atoms with Crippen LogP contribution in [0.4, 0.5) is 11.4 Å². The molecule has 8 aromatic rings. The minimum atomic E-state index is -0.954. The fourth-order valence-corrected chi connectivity index (χ4v) is 11.4. The van der Waals surface area contributed by atoms with Gasteiger partial charge in [-0.3, -0.25) is 0 Å². The summed E-state index contributed by atoms with van der Waals surface area (Å²) in [6.07, 6.45) is 0. The van der Waals surface area contributed by atoms with Gasteiger partial charge in [0.1, 0.15) is 0 Å². The van der Waals surface area contributed by atoms with Gasteiger partial charge >= 0.3 is 17.1 Å². The van der Waals surface area contributed by atoms with Crippen LogP contribution >= 0.6 is 22.7 Å². The van der Waals surface area contributed by atoms with Crippen LogP contribution in [0.25, 0.3) is 74.1 Å². The van der Waals surface area contributed by atoms with Crippen LogP contribution in [0.15, 0.2) is 101 Å². The summed E-state index contributed by atoms with van der Waals surface area (Å²) in [5.74, 6) is -0.954. The van der Waals surface area contributed by atoms with Gasteiger partial charge in [-0.15, -0.1) is 22.7 Å². The van der Waals surface area contributed by atoms with E-state index in [4.69, 9.17) is 4.42 Å². The fraction of sp³-hybridized carbons (Fsp3) is 0.182. The normalized spacial score (nSPS) is 15.6. The molecule has 7 heteroatoms. The Labute approximate surface area is 303 Å². The van der Waals surface area contributed by atoms with E-state index >= 15 is 0 Å². The van der Waals surface area contributed by atoms with Gasteiger partial charge in [-0.25, -0.2) is 9.21 Å². The van der Waals surface area contributed by atoms with Gasteiger partial charge in [0.25, 0.3) is 0 Å². The predicted octanol–water partition coefficient (Wildman–Crippen LogP) is 12.4. The topological polar surface area (TPSA) is 55.1 Å². The van der Waals surface area contributed by atoms with Crippen LogP contribution < -0.4 is 9.80 Å². The average molecular weight is 704 g/mol. The van der Waals surface area contributed by atoms with Crippen LogP contribution in [-0.2, 0) is 11.1 Å². The van der Waals surface area contributed by atoms with Gasteiger partial charge in [-0.2, -0.15) is 0 Å². The lowest BCUT2D eigenvalue weighted by Crippen LogP contribution is -2.41. The molecular formula is C44H35N2O3S2+. The molecule has 10 rings (SSSR count). The van der Waals surface area contributed by atoms with E-state index in [-0.39, 0.29) is 16.6 Å². The molecule has 5 heterocycles. The third kappa shape index (κ3) is 3.96.